The van der Waals surface area contributed by atoms with Gasteiger partial charge in [0.2, 0.25) is 0 Å². The third kappa shape index (κ3) is 3.35. The zero-order valence-electron chi connectivity index (χ0n) is 8.23. The van der Waals surface area contributed by atoms with Crippen molar-refractivity contribution in [3.63, 3.8) is 0 Å². The van der Waals surface area contributed by atoms with Crippen LogP contribution in [0.15, 0.2) is 30.3 Å². The van der Waals surface area contributed by atoms with Crippen LogP contribution < -0.4 is 11.1 Å². The van der Waals surface area contributed by atoms with Crippen molar-refractivity contribution in [1.29, 1.82) is 0 Å². The minimum Gasteiger partial charge on any atom is -0.383 e. The summed E-state index contributed by atoms with van der Waals surface area (Å²) in [6.07, 6.45) is 0. The van der Waals surface area contributed by atoms with E-state index in [-0.39, 0.29) is 0 Å². The smallest absolute Gasteiger partial charge is 0.314 e. The number of hydrogen-bond acceptors (Lipinski definition) is 2. The zero-order chi connectivity index (χ0) is 10.4. The summed E-state index contributed by atoms with van der Waals surface area (Å²) in [7, 11) is 1.68. The van der Waals surface area contributed by atoms with E-state index >= 15 is 0 Å². The van der Waals surface area contributed by atoms with Crippen molar-refractivity contribution in [1.82, 2.24) is 4.90 Å². The summed E-state index contributed by atoms with van der Waals surface area (Å²) in [6, 6.07) is 9.43. The predicted octanol–water partition coefficient (Wildman–Crippen LogP) is 1.11. The van der Waals surface area contributed by atoms with Gasteiger partial charge < -0.3 is 16.0 Å². The molecule has 0 spiro atoms. The van der Waals surface area contributed by atoms with Crippen LogP contribution in [0.1, 0.15) is 0 Å². The fraction of sp³-hybridized carbons (Fsp3) is 0.300. The lowest BCUT2D eigenvalue weighted by Crippen LogP contribution is -2.35. The van der Waals surface area contributed by atoms with Crippen LogP contribution in [0, 0.1) is 0 Å². The highest BCUT2D eigenvalue weighted by molar-refractivity contribution is 5.71. The zero-order valence-corrected chi connectivity index (χ0v) is 8.23. The molecule has 3 N–H and O–H groups in total. The van der Waals surface area contributed by atoms with E-state index in [9.17, 15) is 4.79 Å². The fourth-order valence-electron chi connectivity index (χ4n) is 1.03. The third-order valence-corrected chi connectivity index (χ3v) is 1.93. The summed E-state index contributed by atoms with van der Waals surface area (Å²) >= 11 is 0. The highest BCUT2D eigenvalue weighted by atomic mass is 16.2. The van der Waals surface area contributed by atoms with Gasteiger partial charge in [-0.15, -0.1) is 0 Å². The Balaban J connectivity index is 2.26. The van der Waals surface area contributed by atoms with Crippen LogP contribution in [0.5, 0.6) is 0 Å². The van der Waals surface area contributed by atoms with Crippen LogP contribution in [0.2, 0.25) is 0 Å². The van der Waals surface area contributed by atoms with Gasteiger partial charge in [0.05, 0.1) is 0 Å². The van der Waals surface area contributed by atoms with Crippen molar-refractivity contribution in [2.75, 3.05) is 25.5 Å². The van der Waals surface area contributed by atoms with E-state index in [0.717, 1.165) is 5.69 Å². The Morgan fingerprint density at radius 2 is 2.07 bits per heavy atom. The number of amides is 2. The van der Waals surface area contributed by atoms with Gasteiger partial charge in [0.25, 0.3) is 0 Å². The summed E-state index contributed by atoms with van der Waals surface area (Å²) in [5.74, 6) is 0. The Morgan fingerprint density at radius 3 is 2.64 bits per heavy atom. The number of rotatable bonds is 4. The van der Waals surface area contributed by atoms with E-state index < -0.39 is 6.03 Å². The van der Waals surface area contributed by atoms with Crippen LogP contribution in [0.4, 0.5) is 10.5 Å². The van der Waals surface area contributed by atoms with Crippen LogP contribution in [-0.4, -0.2) is 31.1 Å². The SMILES string of the molecule is CN(CCNc1ccccc1)C(N)=O. The number of carbonyl (C=O) groups is 1. The van der Waals surface area contributed by atoms with Gasteiger partial charge in [-0.1, -0.05) is 18.2 Å². The highest BCUT2D eigenvalue weighted by Gasteiger charge is 2.00. The molecule has 2 amide bonds. The fourth-order valence-corrected chi connectivity index (χ4v) is 1.03. The number of hydrogen-bond donors (Lipinski definition) is 2. The van der Waals surface area contributed by atoms with Crippen molar-refractivity contribution in [3.05, 3.63) is 30.3 Å². The van der Waals surface area contributed by atoms with E-state index in [4.69, 9.17) is 5.73 Å². The van der Waals surface area contributed by atoms with Crippen molar-refractivity contribution < 1.29 is 4.79 Å². The Kier molecular flexibility index (Phi) is 3.79. The molecule has 0 bridgehead atoms. The van der Waals surface area contributed by atoms with Crippen molar-refractivity contribution in [2.24, 2.45) is 5.73 Å². The molecule has 1 aromatic carbocycles. The maximum atomic E-state index is 10.7. The topological polar surface area (TPSA) is 58.4 Å². The van der Waals surface area contributed by atoms with Gasteiger partial charge in [-0.25, -0.2) is 4.79 Å². The van der Waals surface area contributed by atoms with Gasteiger partial charge >= 0.3 is 6.03 Å². The van der Waals surface area contributed by atoms with Crippen molar-refractivity contribution >= 4 is 11.7 Å². The average molecular weight is 193 g/mol. The van der Waals surface area contributed by atoms with E-state index in [1.54, 1.807) is 7.05 Å². The lowest BCUT2D eigenvalue weighted by molar-refractivity contribution is 0.220. The molecule has 0 aliphatic heterocycles. The highest BCUT2D eigenvalue weighted by Crippen LogP contribution is 2.03. The Hall–Kier alpha value is -1.71. The number of benzene rings is 1. The number of urea groups is 1. The molecule has 0 heterocycles. The van der Waals surface area contributed by atoms with E-state index in [1.165, 1.54) is 4.90 Å². The quantitative estimate of drug-likeness (QED) is 0.752. The number of nitrogens with one attached hydrogen (secondary N) is 1. The molecule has 0 saturated carbocycles. The Morgan fingerprint density at radius 1 is 1.43 bits per heavy atom. The van der Waals surface area contributed by atoms with E-state index in [1.807, 2.05) is 30.3 Å². The van der Waals surface area contributed by atoms with Crippen LogP contribution in [-0.2, 0) is 0 Å². The van der Waals surface area contributed by atoms with Crippen LogP contribution in [0.25, 0.3) is 0 Å². The first-order chi connectivity index (χ1) is 6.70. The molecule has 14 heavy (non-hydrogen) atoms. The predicted molar refractivity (Wildman–Crippen MR) is 57.1 cm³/mol. The molecule has 0 unspecified atom stereocenters. The molecule has 0 aliphatic carbocycles. The summed E-state index contributed by atoms with van der Waals surface area (Å²) in [5, 5.41) is 3.18. The number of para-hydroxylation sites is 1. The van der Waals surface area contributed by atoms with Crippen molar-refractivity contribution in [2.45, 2.75) is 0 Å². The number of nitrogens with two attached hydrogens (primary N) is 1. The first kappa shape index (κ1) is 10.4. The molecule has 0 aliphatic rings. The maximum absolute atomic E-state index is 10.7. The molecule has 0 atom stereocenters. The molecular formula is C10H15N3O. The average Bonchev–Trinajstić information content (AvgIpc) is 2.19. The molecule has 4 heteroatoms. The van der Waals surface area contributed by atoms with Crippen LogP contribution >= 0.6 is 0 Å². The summed E-state index contributed by atoms with van der Waals surface area (Å²) in [4.78, 5) is 12.1. The number of nitrogens with zero attached hydrogens (tertiary/aromatic N) is 1. The van der Waals surface area contributed by atoms with Gasteiger partial charge in [0.15, 0.2) is 0 Å². The lowest BCUT2D eigenvalue weighted by atomic mass is 10.3. The Bertz CT molecular complexity index is 287. The monoisotopic (exact) mass is 193 g/mol. The van der Waals surface area contributed by atoms with Crippen molar-refractivity contribution in [3.8, 4) is 0 Å². The second kappa shape index (κ2) is 5.11. The number of carbonyl (C=O) groups excluding carboxylic acids is 1. The molecule has 4 nitrogen and oxygen atoms in total. The summed E-state index contributed by atoms with van der Waals surface area (Å²) < 4.78 is 0. The van der Waals surface area contributed by atoms with Gasteiger partial charge in [-0.2, -0.15) is 0 Å². The minimum atomic E-state index is -0.403. The first-order valence-electron chi connectivity index (χ1n) is 4.49. The van der Waals surface area contributed by atoms with Gasteiger partial charge in [-0.05, 0) is 12.1 Å². The molecule has 0 aromatic heterocycles. The minimum absolute atomic E-state index is 0.403. The second-order valence-electron chi connectivity index (χ2n) is 3.05. The molecule has 76 valence electrons. The van der Waals surface area contributed by atoms with Gasteiger partial charge in [0, 0.05) is 25.8 Å². The molecule has 0 saturated heterocycles. The Labute approximate surface area is 83.7 Å². The van der Waals surface area contributed by atoms with Gasteiger partial charge in [0.1, 0.15) is 0 Å². The third-order valence-electron chi connectivity index (χ3n) is 1.93. The van der Waals surface area contributed by atoms with Gasteiger partial charge in [-0.3, -0.25) is 0 Å². The summed E-state index contributed by atoms with van der Waals surface area (Å²) in [6.45, 7) is 1.30. The molecule has 1 rings (SSSR count). The second-order valence-corrected chi connectivity index (χ2v) is 3.05. The standard InChI is InChI=1S/C10H15N3O/c1-13(10(11)14)8-7-12-9-5-3-2-4-6-9/h2-6,12H,7-8H2,1H3,(H2,11,14). The largest absolute Gasteiger partial charge is 0.383 e. The summed E-state index contributed by atoms with van der Waals surface area (Å²) in [5.41, 5.74) is 6.12. The molecule has 0 fully saturated rings. The lowest BCUT2D eigenvalue weighted by Gasteiger charge is -2.14. The number of likely N-dealkylation sites (N-methyl/N-ethyl adjacent to an activating group) is 1. The normalized spacial score (nSPS) is 9.50. The van der Waals surface area contributed by atoms with E-state index in [2.05, 4.69) is 5.32 Å². The van der Waals surface area contributed by atoms with E-state index in [0.29, 0.717) is 13.1 Å². The number of anilines is 1. The number of primary amides is 1. The molecular weight excluding hydrogens is 178 g/mol. The van der Waals surface area contributed by atoms with Crippen LogP contribution in [0.3, 0.4) is 0 Å². The maximum Gasteiger partial charge on any atom is 0.314 e. The molecule has 0 radical (unpaired) electrons. The molecule has 1 aromatic rings. The first-order valence-corrected chi connectivity index (χ1v) is 4.49.